The molecule has 2 radical (unpaired) electrons. The molecule has 488 valence electrons. The highest BCUT2D eigenvalue weighted by Crippen LogP contribution is 2.42. The summed E-state index contributed by atoms with van der Waals surface area (Å²) in [5, 5.41) is 13.8. The van der Waals surface area contributed by atoms with E-state index in [1.54, 1.807) is 66.0 Å². The molecule has 0 aliphatic carbocycles. The van der Waals surface area contributed by atoms with Crippen LogP contribution in [-0.2, 0) is 84.2 Å². The van der Waals surface area contributed by atoms with E-state index in [2.05, 4.69) is 59.4 Å². The van der Waals surface area contributed by atoms with Crippen molar-refractivity contribution in [3.8, 4) is 23.2 Å². The standard InChI is InChI=1S/C64H80N13O13S.Al/c1-6-64(51-31-54-58-49(36-77(54)60(83)50(51)38-88-61(64)84)47(24-27-76(41(3)4)42(5)78)48-16-11-12-17-52(48)74-58)90-63(85)89-37-43-20-22-46(23-21-43)72-59(82)53(18-13-14-25-65)73-57(81)40-87-39-56(80)68-26-29-86-30-28-75(67)35-45(66)34-69-55(79)19-10-8-9-15-44-32-70-62(71-33-44)91-7-2;/h7,11-12,16-17,20-23,31-33,35,41,53H,6,8,10,13-14,18-19,24-30,34,36-40,65-67H2,1-5H3,(H,68,80)(H,69,79)(H,72,82)(H,73,81);/b45-35-;/t53-,64-;/m0./s1. The summed E-state index contributed by atoms with van der Waals surface area (Å²) in [6.07, 6.45) is 6.82. The van der Waals surface area contributed by atoms with Gasteiger partial charge in [0.2, 0.25) is 35.1 Å². The van der Waals surface area contributed by atoms with Crippen LogP contribution >= 0.6 is 11.8 Å². The lowest BCUT2D eigenvalue weighted by atomic mass is 9.85. The van der Waals surface area contributed by atoms with E-state index in [4.69, 9.17) is 46.0 Å². The fourth-order valence-electron chi connectivity index (χ4n) is 10.3. The van der Waals surface area contributed by atoms with E-state index in [-0.39, 0.29) is 101 Å². The number of unbranched alkanes of at least 4 members (excludes halogenated alkanes) is 2. The number of nitrogens with zero attached hydrogens (tertiary/aromatic N) is 6. The Kier molecular flexibility index (Phi) is 26.9. The largest absolute Gasteiger partial charge is 0.510 e. The number of ether oxygens (including phenoxy) is 5. The van der Waals surface area contributed by atoms with E-state index in [1.165, 1.54) is 23.0 Å². The van der Waals surface area contributed by atoms with E-state index in [1.807, 2.05) is 45.0 Å². The van der Waals surface area contributed by atoms with Crippen molar-refractivity contribution in [3.63, 3.8) is 0 Å². The SMILES string of the molecule is CC[C@@]1(OC(=O)OCc2ccc(NC(=O)[C@H](CCCCN)NC(=O)COCC(=O)NCCOCCN(N)/C=C(\N)CNC(=O)CCCC#Cc3cnc(S[CH](C)[Al])nc3)cc2)C(=O)OCc2c1cc1n(c2=O)Cc2c-1nc1ccccc1c2CCN(C(C)=O)C(C)C. The number of carbonyl (C=O) groups excluding carboxylic acids is 7. The second-order valence-corrected chi connectivity index (χ2v) is 25.0. The van der Waals surface area contributed by atoms with Crippen LogP contribution in [0.25, 0.3) is 22.3 Å². The molecule has 5 amide bonds. The highest BCUT2D eigenvalue weighted by atomic mass is 32.2. The quantitative estimate of drug-likeness (QED) is 0.00452. The molecule has 26 nitrogen and oxygen atoms in total. The summed E-state index contributed by atoms with van der Waals surface area (Å²) in [7, 11) is 0. The number of fused-ring (bicyclic) bond motifs is 5. The Morgan fingerprint density at radius 2 is 1.68 bits per heavy atom. The van der Waals surface area contributed by atoms with Gasteiger partial charge in [0.15, 0.2) is 5.16 Å². The van der Waals surface area contributed by atoms with Crippen LogP contribution in [0, 0.1) is 11.8 Å². The summed E-state index contributed by atoms with van der Waals surface area (Å²) in [4.78, 5) is 121. The second-order valence-electron chi connectivity index (χ2n) is 22.2. The molecule has 92 heavy (non-hydrogen) atoms. The third-order valence-electron chi connectivity index (χ3n) is 15.0. The number of para-hydroxylation sites is 1. The van der Waals surface area contributed by atoms with Crippen LogP contribution in [0.2, 0.25) is 0 Å². The minimum atomic E-state index is -2.03. The van der Waals surface area contributed by atoms with E-state index >= 15 is 0 Å². The molecule has 0 saturated heterocycles. The number of anilines is 1. The van der Waals surface area contributed by atoms with Gasteiger partial charge < -0.3 is 70.9 Å². The van der Waals surface area contributed by atoms with Crippen molar-refractivity contribution in [1.82, 2.24) is 45.4 Å². The number of esters is 1. The number of pyridine rings is 2. The molecule has 3 atom stereocenters. The number of nitrogens with one attached hydrogen (secondary N) is 4. The lowest BCUT2D eigenvalue weighted by Gasteiger charge is -2.35. The molecule has 5 heterocycles. The van der Waals surface area contributed by atoms with Gasteiger partial charge in [-0.25, -0.2) is 30.4 Å². The second kappa shape index (κ2) is 34.9. The first kappa shape index (κ1) is 71.0. The number of hydrazine groups is 1. The molecule has 1 unspecified atom stereocenters. The summed E-state index contributed by atoms with van der Waals surface area (Å²) in [5.41, 5.74) is 15.0. The van der Waals surface area contributed by atoms with Crippen molar-refractivity contribution in [2.75, 3.05) is 64.5 Å². The fraction of sp³-hybridized carbons (Fsp3) is 0.453. The van der Waals surface area contributed by atoms with Crippen LogP contribution in [0.3, 0.4) is 0 Å². The monoisotopic (exact) mass is 1300 g/mol. The van der Waals surface area contributed by atoms with Gasteiger partial charge in [-0.05, 0) is 94.3 Å². The Morgan fingerprint density at radius 3 is 2.40 bits per heavy atom. The Bertz CT molecular complexity index is 3600. The number of aromatic nitrogens is 4. The van der Waals surface area contributed by atoms with Crippen molar-refractivity contribution in [3.05, 3.63) is 123 Å². The highest BCUT2D eigenvalue weighted by Gasteiger charge is 2.51. The molecule has 0 fully saturated rings. The van der Waals surface area contributed by atoms with Crippen molar-refractivity contribution in [2.45, 2.75) is 133 Å². The number of cyclic esters (lactones) is 1. The number of nitrogens with two attached hydrogens (primary N) is 3. The minimum Gasteiger partial charge on any atom is -0.457 e. The third kappa shape index (κ3) is 20.0. The maximum Gasteiger partial charge on any atom is 0.510 e. The molecule has 28 heteroatoms. The van der Waals surface area contributed by atoms with Gasteiger partial charge in [-0.15, -0.1) is 11.8 Å². The van der Waals surface area contributed by atoms with E-state index in [0.717, 1.165) is 16.5 Å². The molecule has 7 rings (SSSR count). The smallest absolute Gasteiger partial charge is 0.457 e. The van der Waals surface area contributed by atoms with Crippen molar-refractivity contribution >= 4 is 86.3 Å². The zero-order valence-electron chi connectivity index (χ0n) is 52.5. The van der Waals surface area contributed by atoms with Gasteiger partial charge in [0.05, 0.1) is 60.9 Å². The summed E-state index contributed by atoms with van der Waals surface area (Å²) in [6, 6.07) is 14.7. The number of hydrogen-bond donors (Lipinski definition) is 7. The number of amides is 5. The zero-order valence-corrected chi connectivity index (χ0v) is 54.5. The van der Waals surface area contributed by atoms with Gasteiger partial charge >= 0.3 is 12.1 Å². The molecular formula is C64H80AlN13O13S. The fourth-order valence-corrected chi connectivity index (χ4v) is 11.3. The van der Waals surface area contributed by atoms with Crippen LogP contribution in [0.4, 0.5) is 10.5 Å². The molecule has 2 aromatic carbocycles. The number of rotatable bonds is 33. The highest BCUT2D eigenvalue weighted by molar-refractivity contribution is 8.00. The van der Waals surface area contributed by atoms with Gasteiger partial charge in [-0.3, -0.25) is 28.8 Å². The number of benzene rings is 2. The first-order valence-electron chi connectivity index (χ1n) is 30.5. The Morgan fingerprint density at radius 1 is 0.935 bits per heavy atom. The van der Waals surface area contributed by atoms with E-state index in [9.17, 15) is 38.4 Å². The van der Waals surface area contributed by atoms with Crippen molar-refractivity contribution < 1.29 is 57.2 Å². The Hall–Kier alpha value is -8.41. The third-order valence-corrected chi connectivity index (χ3v) is 16.2. The molecule has 10 N–H and O–H groups in total. The molecule has 0 spiro atoms. The van der Waals surface area contributed by atoms with Gasteiger partial charge in [-0.1, -0.05) is 60.1 Å². The first-order chi connectivity index (χ1) is 44.2. The summed E-state index contributed by atoms with van der Waals surface area (Å²) in [6.45, 7) is 9.47. The van der Waals surface area contributed by atoms with Crippen LogP contribution in [-0.4, -0.2) is 163 Å². The number of thioether (sulfide) groups is 1. The molecule has 5 aromatic rings. The first-order valence-corrected chi connectivity index (χ1v) is 32.0. The van der Waals surface area contributed by atoms with Gasteiger partial charge in [-0.2, -0.15) is 0 Å². The predicted molar refractivity (Wildman–Crippen MR) is 344 cm³/mol. The van der Waals surface area contributed by atoms with Crippen LogP contribution < -0.4 is 44.1 Å². The number of carbonyl (C=O) groups is 7. The van der Waals surface area contributed by atoms with Crippen molar-refractivity contribution in [1.29, 1.82) is 0 Å². The van der Waals surface area contributed by atoms with Crippen LogP contribution in [0.5, 0.6) is 0 Å². The summed E-state index contributed by atoms with van der Waals surface area (Å²) < 4.78 is 29.7. The Balaban J connectivity index is 0.814. The maximum atomic E-state index is 14.4. The van der Waals surface area contributed by atoms with Gasteiger partial charge in [0, 0.05) is 85.4 Å². The summed E-state index contributed by atoms with van der Waals surface area (Å²) >= 11 is 4.22. The molecule has 0 saturated carbocycles. The normalized spacial score (nSPS) is 14.5. The average Bonchev–Trinajstić information content (AvgIpc) is 1.46. The Labute approximate surface area is 546 Å². The van der Waals surface area contributed by atoms with Gasteiger partial charge in [0.1, 0.15) is 48.8 Å². The molecule has 0 bridgehead atoms. The molecule has 2 aliphatic rings. The zero-order chi connectivity index (χ0) is 66.3. The lowest BCUT2D eigenvalue weighted by Crippen LogP contribution is -2.47. The lowest BCUT2D eigenvalue weighted by molar-refractivity contribution is -0.175. The van der Waals surface area contributed by atoms with Crippen molar-refractivity contribution in [2.24, 2.45) is 17.3 Å². The number of hydrogen-bond acceptors (Lipinski definition) is 21. The maximum absolute atomic E-state index is 14.4. The summed E-state index contributed by atoms with van der Waals surface area (Å²) in [5.74, 6) is 9.31. The molecule has 3 aromatic heterocycles. The minimum absolute atomic E-state index is 0.0240. The van der Waals surface area contributed by atoms with Crippen LogP contribution in [0.1, 0.15) is 113 Å². The van der Waals surface area contributed by atoms with E-state index < -0.39 is 60.3 Å². The average molecular weight is 1300 g/mol. The van der Waals surface area contributed by atoms with Crippen LogP contribution in [0.15, 0.2) is 88.8 Å². The predicted octanol–water partition coefficient (Wildman–Crippen LogP) is 3.65. The van der Waals surface area contributed by atoms with Gasteiger partial charge in [0.25, 0.3) is 5.56 Å². The molecular weight excluding hydrogens is 1220 g/mol. The van der Waals surface area contributed by atoms with E-state index in [0.29, 0.717) is 93.9 Å². The topological polar surface area (TPSA) is 359 Å². The molecule has 2 aliphatic heterocycles.